The molecule has 1 aliphatic heterocycles. The van der Waals surface area contributed by atoms with Crippen LogP contribution in [0, 0.1) is 6.92 Å². The molecule has 1 aromatic heterocycles. The summed E-state index contributed by atoms with van der Waals surface area (Å²) >= 11 is 0. The van der Waals surface area contributed by atoms with E-state index in [0.717, 1.165) is 68.6 Å². The molecule has 1 aliphatic carbocycles. The van der Waals surface area contributed by atoms with Crippen molar-refractivity contribution in [2.45, 2.75) is 57.0 Å². The first-order valence-corrected chi connectivity index (χ1v) is 10.2. The van der Waals surface area contributed by atoms with E-state index in [-0.39, 0.29) is 11.4 Å². The number of benzene rings is 1. The van der Waals surface area contributed by atoms with E-state index in [0.29, 0.717) is 11.7 Å². The molecule has 1 saturated heterocycles. The molecule has 1 aromatic carbocycles. The Kier molecular flexibility index (Phi) is 5.35. The van der Waals surface area contributed by atoms with Crippen LogP contribution in [0.2, 0.25) is 0 Å². The number of rotatable bonds is 5. The highest BCUT2D eigenvalue weighted by Gasteiger charge is 2.38. The third-order valence-electron chi connectivity index (χ3n) is 6.25. The predicted molar refractivity (Wildman–Crippen MR) is 107 cm³/mol. The van der Waals surface area contributed by atoms with Crippen LogP contribution in [0.3, 0.4) is 0 Å². The Morgan fingerprint density at radius 3 is 2.54 bits per heavy atom. The number of nitrogens with zero attached hydrogens (tertiary/aromatic N) is 3. The van der Waals surface area contributed by atoms with Crippen LogP contribution in [0.5, 0.6) is 5.75 Å². The third kappa shape index (κ3) is 3.51. The van der Waals surface area contributed by atoms with E-state index >= 15 is 0 Å². The van der Waals surface area contributed by atoms with Crippen molar-refractivity contribution in [2.75, 3.05) is 20.2 Å². The minimum absolute atomic E-state index is 0.129. The summed E-state index contributed by atoms with van der Waals surface area (Å²) in [6.45, 7) is 3.91. The van der Waals surface area contributed by atoms with Crippen molar-refractivity contribution in [3.63, 3.8) is 0 Å². The lowest BCUT2D eigenvalue weighted by Gasteiger charge is -2.31. The van der Waals surface area contributed by atoms with Gasteiger partial charge in [0.1, 0.15) is 5.75 Å². The number of amides is 1. The van der Waals surface area contributed by atoms with Gasteiger partial charge in [-0.05, 0) is 63.4 Å². The molecule has 2 aromatic rings. The van der Waals surface area contributed by atoms with Gasteiger partial charge in [0, 0.05) is 0 Å². The molecular formula is C21H29N5O2. The molecule has 4 rings (SSSR count). The van der Waals surface area contributed by atoms with Gasteiger partial charge in [-0.15, -0.1) is 5.10 Å². The predicted octanol–water partition coefficient (Wildman–Crippen LogP) is 2.72. The van der Waals surface area contributed by atoms with Crippen molar-refractivity contribution in [3.8, 4) is 5.75 Å². The second-order valence-corrected chi connectivity index (χ2v) is 7.92. The SMILES string of the molecule is COc1ccc(C2(NC(=O)c3nnn(C4CCNCC4)c3C)CCCC2)cc1. The van der Waals surface area contributed by atoms with E-state index in [1.54, 1.807) is 7.11 Å². The molecule has 0 bridgehead atoms. The van der Waals surface area contributed by atoms with Gasteiger partial charge in [-0.25, -0.2) is 4.68 Å². The van der Waals surface area contributed by atoms with E-state index in [1.807, 2.05) is 23.7 Å². The summed E-state index contributed by atoms with van der Waals surface area (Å²) in [5.41, 5.74) is 2.09. The summed E-state index contributed by atoms with van der Waals surface area (Å²) < 4.78 is 7.21. The van der Waals surface area contributed by atoms with Crippen LogP contribution >= 0.6 is 0 Å². The first-order chi connectivity index (χ1) is 13.6. The maximum atomic E-state index is 13.2. The van der Waals surface area contributed by atoms with Gasteiger partial charge < -0.3 is 15.4 Å². The van der Waals surface area contributed by atoms with Crippen LogP contribution in [0.15, 0.2) is 24.3 Å². The summed E-state index contributed by atoms with van der Waals surface area (Å²) in [4.78, 5) is 13.2. The quantitative estimate of drug-likeness (QED) is 0.830. The number of methoxy groups -OCH3 is 1. The van der Waals surface area contributed by atoms with Gasteiger partial charge in [0.25, 0.3) is 5.91 Å². The maximum Gasteiger partial charge on any atom is 0.274 e. The van der Waals surface area contributed by atoms with Gasteiger partial charge in [0.05, 0.1) is 24.4 Å². The first-order valence-electron chi connectivity index (χ1n) is 10.2. The molecule has 2 aliphatic rings. The van der Waals surface area contributed by atoms with Crippen LogP contribution in [-0.2, 0) is 5.54 Å². The average molecular weight is 383 g/mol. The molecule has 2 fully saturated rings. The summed E-state index contributed by atoms with van der Waals surface area (Å²) in [5, 5.41) is 15.2. The molecule has 1 saturated carbocycles. The highest BCUT2D eigenvalue weighted by Crippen LogP contribution is 2.39. The average Bonchev–Trinajstić information content (AvgIpc) is 3.36. The normalized spacial score (nSPS) is 19.5. The number of hydrogen-bond donors (Lipinski definition) is 2. The van der Waals surface area contributed by atoms with Gasteiger partial charge in [0.15, 0.2) is 5.69 Å². The molecule has 2 heterocycles. The summed E-state index contributed by atoms with van der Waals surface area (Å²) in [6.07, 6.45) is 6.11. The van der Waals surface area contributed by atoms with E-state index in [9.17, 15) is 4.79 Å². The largest absolute Gasteiger partial charge is 0.497 e. The number of carbonyl (C=O) groups is 1. The highest BCUT2D eigenvalue weighted by molar-refractivity contribution is 5.93. The van der Waals surface area contributed by atoms with Crippen molar-refractivity contribution in [1.82, 2.24) is 25.6 Å². The lowest BCUT2D eigenvalue weighted by atomic mass is 9.88. The minimum atomic E-state index is -0.339. The summed E-state index contributed by atoms with van der Waals surface area (Å²) in [7, 11) is 1.66. The lowest BCUT2D eigenvalue weighted by molar-refractivity contribution is 0.0892. The molecule has 7 nitrogen and oxygen atoms in total. The van der Waals surface area contributed by atoms with Crippen molar-refractivity contribution in [3.05, 3.63) is 41.2 Å². The van der Waals surface area contributed by atoms with Crippen molar-refractivity contribution >= 4 is 5.91 Å². The van der Waals surface area contributed by atoms with Crippen molar-refractivity contribution < 1.29 is 9.53 Å². The number of nitrogens with one attached hydrogen (secondary N) is 2. The van der Waals surface area contributed by atoms with Crippen LogP contribution < -0.4 is 15.4 Å². The van der Waals surface area contributed by atoms with Gasteiger partial charge in [-0.1, -0.05) is 30.2 Å². The second-order valence-electron chi connectivity index (χ2n) is 7.92. The molecule has 7 heteroatoms. The van der Waals surface area contributed by atoms with E-state index in [4.69, 9.17) is 4.74 Å². The van der Waals surface area contributed by atoms with Gasteiger partial charge in [-0.2, -0.15) is 0 Å². The number of aromatic nitrogens is 3. The van der Waals surface area contributed by atoms with Crippen molar-refractivity contribution in [2.24, 2.45) is 0 Å². The molecule has 28 heavy (non-hydrogen) atoms. The smallest absolute Gasteiger partial charge is 0.274 e. The summed E-state index contributed by atoms with van der Waals surface area (Å²) in [5.74, 6) is 0.694. The first kappa shape index (κ1) is 18.9. The van der Waals surface area contributed by atoms with E-state index in [1.165, 1.54) is 0 Å². The Morgan fingerprint density at radius 2 is 1.89 bits per heavy atom. The highest BCUT2D eigenvalue weighted by atomic mass is 16.5. The fourth-order valence-electron chi connectivity index (χ4n) is 4.60. The van der Waals surface area contributed by atoms with Crippen LogP contribution in [-0.4, -0.2) is 41.1 Å². The molecule has 150 valence electrons. The maximum absolute atomic E-state index is 13.2. The second kappa shape index (κ2) is 7.91. The number of carbonyl (C=O) groups excluding carboxylic acids is 1. The molecule has 0 atom stereocenters. The molecule has 0 unspecified atom stereocenters. The zero-order chi connectivity index (χ0) is 19.6. The standard InChI is InChI=1S/C21H29N5O2/c1-15-19(24-25-26(15)17-9-13-22-14-10-17)20(27)23-21(11-3-4-12-21)16-5-7-18(28-2)8-6-16/h5-8,17,22H,3-4,9-14H2,1-2H3,(H,23,27). The van der Waals surface area contributed by atoms with E-state index in [2.05, 4.69) is 33.1 Å². The fraction of sp³-hybridized carbons (Fsp3) is 0.571. The molecule has 2 N–H and O–H groups in total. The van der Waals surface area contributed by atoms with Crippen LogP contribution in [0.1, 0.15) is 66.3 Å². The van der Waals surface area contributed by atoms with Crippen molar-refractivity contribution in [1.29, 1.82) is 0 Å². The van der Waals surface area contributed by atoms with Gasteiger partial charge >= 0.3 is 0 Å². The Bertz CT molecular complexity index is 818. The topological polar surface area (TPSA) is 81.1 Å². The Morgan fingerprint density at radius 1 is 1.21 bits per heavy atom. The Labute approximate surface area is 165 Å². The summed E-state index contributed by atoms with van der Waals surface area (Å²) in [6, 6.07) is 8.35. The monoisotopic (exact) mass is 383 g/mol. The molecular weight excluding hydrogens is 354 g/mol. The zero-order valence-electron chi connectivity index (χ0n) is 16.7. The number of hydrogen-bond acceptors (Lipinski definition) is 5. The van der Waals surface area contributed by atoms with Crippen LogP contribution in [0.25, 0.3) is 0 Å². The fourth-order valence-corrected chi connectivity index (χ4v) is 4.60. The molecule has 0 radical (unpaired) electrons. The zero-order valence-corrected chi connectivity index (χ0v) is 16.7. The van der Waals surface area contributed by atoms with Crippen LogP contribution in [0.4, 0.5) is 0 Å². The number of piperidine rings is 1. The molecule has 0 spiro atoms. The van der Waals surface area contributed by atoms with Gasteiger partial charge in [0.2, 0.25) is 0 Å². The number of ether oxygens (including phenoxy) is 1. The molecule has 1 amide bonds. The lowest BCUT2D eigenvalue weighted by Crippen LogP contribution is -2.44. The van der Waals surface area contributed by atoms with Gasteiger partial charge in [-0.3, -0.25) is 4.79 Å². The Hall–Kier alpha value is -2.41. The minimum Gasteiger partial charge on any atom is -0.497 e. The Balaban J connectivity index is 1.56. The third-order valence-corrected chi connectivity index (χ3v) is 6.25. The van der Waals surface area contributed by atoms with E-state index < -0.39 is 0 Å².